The smallest absolute Gasteiger partial charge is 0.266 e. The molecule has 1 aliphatic rings. The number of pyridine rings is 1. The molecule has 0 atom stereocenters. The molecule has 3 rings (SSSR count). The molecule has 3 heterocycles. The summed E-state index contributed by atoms with van der Waals surface area (Å²) >= 11 is 0. The standard InChI is InChI=1S/C16H20N4O/c1-12(2)19-9-13(10-19)11-20-16(21)4-3-15(18-20)14-5-7-17-8-6-14/h3-8,12-13H,9-11H2,1-2H3. The first-order valence-electron chi connectivity index (χ1n) is 7.36. The van der Waals surface area contributed by atoms with Crippen molar-refractivity contribution in [3.05, 3.63) is 47.0 Å². The molecule has 0 unspecified atom stereocenters. The Morgan fingerprint density at radius 1 is 1.19 bits per heavy atom. The zero-order valence-corrected chi connectivity index (χ0v) is 12.4. The van der Waals surface area contributed by atoms with Gasteiger partial charge in [-0.1, -0.05) is 0 Å². The van der Waals surface area contributed by atoms with Crippen molar-refractivity contribution in [2.75, 3.05) is 13.1 Å². The van der Waals surface area contributed by atoms with Gasteiger partial charge in [0.05, 0.1) is 12.2 Å². The van der Waals surface area contributed by atoms with Crippen LogP contribution in [0.15, 0.2) is 41.5 Å². The zero-order valence-electron chi connectivity index (χ0n) is 12.4. The topological polar surface area (TPSA) is 51.0 Å². The average Bonchev–Trinajstić information content (AvgIpc) is 2.44. The minimum Gasteiger partial charge on any atom is -0.300 e. The minimum absolute atomic E-state index is 0.0317. The highest BCUT2D eigenvalue weighted by atomic mass is 16.1. The summed E-state index contributed by atoms with van der Waals surface area (Å²) in [5, 5.41) is 4.49. The number of hydrogen-bond donors (Lipinski definition) is 0. The van der Waals surface area contributed by atoms with Gasteiger partial charge in [-0.25, -0.2) is 4.68 Å². The van der Waals surface area contributed by atoms with Crippen molar-refractivity contribution in [2.24, 2.45) is 5.92 Å². The Balaban J connectivity index is 1.76. The third-order valence-electron chi connectivity index (χ3n) is 3.99. The second-order valence-electron chi connectivity index (χ2n) is 5.89. The molecule has 0 N–H and O–H groups in total. The van der Waals surface area contributed by atoms with Crippen molar-refractivity contribution in [2.45, 2.75) is 26.4 Å². The Kier molecular flexibility index (Phi) is 3.84. The molecule has 0 spiro atoms. The number of nitrogens with zero attached hydrogens (tertiary/aromatic N) is 4. The lowest BCUT2D eigenvalue weighted by molar-refractivity contribution is 0.0546. The van der Waals surface area contributed by atoms with E-state index >= 15 is 0 Å². The fourth-order valence-electron chi connectivity index (χ4n) is 2.65. The molecule has 1 aliphatic heterocycles. The van der Waals surface area contributed by atoms with Gasteiger partial charge in [-0.05, 0) is 32.0 Å². The Hall–Kier alpha value is -2.01. The van der Waals surface area contributed by atoms with Crippen LogP contribution in [-0.2, 0) is 6.54 Å². The van der Waals surface area contributed by atoms with Crippen LogP contribution in [0.4, 0.5) is 0 Å². The second kappa shape index (κ2) is 5.77. The third-order valence-corrected chi connectivity index (χ3v) is 3.99. The van der Waals surface area contributed by atoms with Crippen molar-refractivity contribution in [1.82, 2.24) is 19.7 Å². The Morgan fingerprint density at radius 2 is 1.90 bits per heavy atom. The van der Waals surface area contributed by atoms with Crippen LogP contribution in [0.3, 0.4) is 0 Å². The van der Waals surface area contributed by atoms with Gasteiger partial charge >= 0.3 is 0 Å². The van der Waals surface area contributed by atoms with Gasteiger partial charge in [0.1, 0.15) is 0 Å². The first-order valence-corrected chi connectivity index (χ1v) is 7.36. The SMILES string of the molecule is CC(C)N1CC(Cn2nc(-c3ccncc3)ccc2=O)C1. The molecule has 1 saturated heterocycles. The van der Waals surface area contributed by atoms with E-state index in [9.17, 15) is 4.79 Å². The highest BCUT2D eigenvalue weighted by Gasteiger charge is 2.29. The van der Waals surface area contributed by atoms with Crippen LogP contribution in [0, 0.1) is 5.92 Å². The summed E-state index contributed by atoms with van der Waals surface area (Å²) in [7, 11) is 0. The predicted octanol–water partition coefficient (Wildman–Crippen LogP) is 1.65. The maximum Gasteiger partial charge on any atom is 0.266 e. The molecular formula is C16H20N4O. The van der Waals surface area contributed by atoms with E-state index in [2.05, 4.69) is 28.8 Å². The normalized spacial score (nSPS) is 16.1. The predicted molar refractivity (Wildman–Crippen MR) is 81.9 cm³/mol. The van der Waals surface area contributed by atoms with Gasteiger partial charge in [0.2, 0.25) is 0 Å². The molecule has 0 radical (unpaired) electrons. The molecule has 110 valence electrons. The Morgan fingerprint density at radius 3 is 2.57 bits per heavy atom. The first kappa shape index (κ1) is 13.9. The molecule has 0 saturated carbocycles. The summed E-state index contributed by atoms with van der Waals surface area (Å²) in [6.07, 6.45) is 3.47. The van der Waals surface area contributed by atoms with E-state index in [-0.39, 0.29) is 5.56 Å². The molecule has 2 aromatic rings. The lowest BCUT2D eigenvalue weighted by Crippen LogP contribution is -2.52. The highest BCUT2D eigenvalue weighted by molar-refractivity contribution is 5.56. The van der Waals surface area contributed by atoms with Gasteiger partial charge in [-0.15, -0.1) is 0 Å². The monoisotopic (exact) mass is 284 g/mol. The summed E-state index contributed by atoms with van der Waals surface area (Å²) in [6.45, 7) is 7.19. The van der Waals surface area contributed by atoms with Crippen molar-refractivity contribution in [3.8, 4) is 11.3 Å². The molecule has 0 bridgehead atoms. The summed E-state index contributed by atoms with van der Waals surface area (Å²) < 4.78 is 1.60. The van der Waals surface area contributed by atoms with E-state index in [1.54, 1.807) is 29.2 Å². The van der Waals surface area contributed by atoms with E-state index < -0.39 is 0 Å². The van der Waals surface area contributed by atoms with E-state index in [0.29, 0.717) is 18.5 Å². The Bertz CT molecular complexity index is 659. The maximum atomic E-state index is 12.0. The van der Waals surface area contributed by atoms with Crippen molar-refractivity contribution >= 4 is 0 Å². The largest absolute Gasteiger partial charge is 0.300 e. The number of likely N-dealkylation sites (tertiary alicyclic amines) is 1. The highest BCUT2D eigenvalue weighted by Crippen LogP contribution is 2.20. The summed E-state index contributed by atoms with van der Waals surface area (Å²) in [6, 6.07) is 7.76. The van der Waals surface area contributed by atoms with E-state index in [1.165, 1.54) is 0 Å². The summed E-state index contributed by atoms with van der Waals surface area (Å²) in [4.78, 5) is 18.4. The van der Waals surface area contributed by atoms with Crippen LogP contribution in [-0.4, -0.2) is 38.8 Å². The van der Waals surface area contributed by atoms with Crippen LogP contribution >= 0.6 is 0 Å². The van der Waals surface area contributed by atoms with Crippen molar-refractivity contribution in [1.29, 1.82) is 0 Å². The summed E-state index contributed by atoms with van der Waals surface area (Å²) in [5.41, 5.74) is 1.77. The Labute approximate surface area is 124 Å². The molecule has 21 heavy (non-hydrogen) atoms. The lowest BCUT2D eigenvalue weighted by atomic mass is 9.98. The van der Waals surface area contributed by atoms with Crippen molar-refractivity contribution < 1.29 is 0 Å². The number of hydrogen-bond acceptors (Lipinski definition) is 4. The van der Waals surface area contributed by atoms with Gasteiger partial charge in [0.15, 0.2) is 0 Å². The van der Waals surface area contributed by atoms with Crippen LogP contribution in [0.1, 0.15) is 13.8 Å². The molecule has 0 aromatic carbocycles. The molecule has 5 heteroatoms. The first-order chi connectivity index (χ1) is 10.1. The van der Waals surface area contributed by atoms with Crippen LogP contribution in [0.5, 0.6) is 0 Å². The zero-order chi connectivity index (χ0) is 14.8. The average molecular weight is 284 g/mol. The van der Waals surface area contributed by atoms with Gasteiger partial charge in [-0.3, -0.25) is 9.78 Å². The van der Waals surface area contributed by atoms with Crippen molar-refractivity contribution in [3.63, 3.8) is 0 Å². The van der Waals surface area contributed by atoms with E-state index in [4.69, 9.17) is 0 Å². The minimum atomic E-state index is -0.0317. The van der Waals surface area contributed by atoms with Gasteiger partial charge < -0.3 is 4.90 Å². The molecule has 0 aliphatic carbocycles. The lowest BCUT2D eigenvalue weighted by Gasteiger charge is -2.42. The third kappa shape index (κ3) is 3.03. The quantitative estimate of drug-likeness (QED) is 0.856. The molecule has 0 amide bonds. The fourth-order valence-corrected chi connectivity index (χ4v) is 2.65. The fraction of sp³-hybridized carbons (Fsp3) is 0.438. The van der Waals surface area contributed by atoms with E-state index in [1.807, 2.05) is 12.1 Å². The molecule has 1 fully saturated rings. The number of rotatable bonds is 4. The van der Waals surface area contributed by atoms with E-state index in [0.717, 1.165) is 24.3 Å². The van der Waals surface area contributed by atoms with Gasteiger partial charge in [0, 0.05) is 49.1 Å². The van der Waals surface area contributed by atoms with Crippen LogP contribution < -0.4 is 5.56 Å². The molecule has 5 nitrogen and oxygen atoms in total. The molecule has 2 aromatic heterocycles. The number of aromatic nitrogens is 3. The van der Waals surface area contributed by atoms with Gasteiger partial charge in [-0.2, -0.15) is 5.10 Å². The molecular weight excluding hydrogens is 264 g/mol. The van der Waals surface area contributed by atoms with Gasteiger partial charge in [0.25, 0.3) is 5.56 Å². The van der Waals surface area contributed by atoms with Crippen LogP contribution in [0.25, 0.3) is 11.3 Å². The van der Waals surface area contributed by atoms with Crippen LogP contribution in [0.2, 0.25) is 0 Å². The maximum absolute atomic E-state index is 12.0. The second-order valence-corrected chi connectivity index (χ2v) is 5.89. The summed E-state index contributed by atoms with van der Waals surface area (Å²) in [5.74, 6) is 0.519.